The average Bonchev–Trinajstić information content (AvgIpc) is 2.49. The van der Waals surface area contributed by atoms with E-state index >= 15 is 0 Å². The smallest absolute Gasteiger partial charge is 0.317 e. The lowest BCUT2D eigenvalue weighted by molar-refractivity contribution is -0.147. The Kier molecular flexibility index (Phi) is 5.92. The average molecular weight is 313 g/mol. The Morgan fingerprint density at radius 1 is 1.29 bits per heavy atom. The summed E-state index contributed by atoms with van der Waals surface area (Å²) >= 11 is 0. The Bertz CT molecular complexity index is 580. The van der Waals surface area contributed by atoms with E-state index in [1.807, 2.05) is 19.1 Å². The Balaban J connectivity index is 3.22. The van der Waals surface area contributed by atoms with Crippen molar-refractivity contribution in [2.24, 2.45) is 5.73 Å². The van der Waals surface area contributed by atoms with Gasteiger partial charge >= 0.3 is 5.97 Å². The van der Waals surface area contributed by atoms with Gasteiger partial charge in [-0.05, 0) is 18.9 Å². The van der Waals surface area contributed by atoms with Crippen molar-refractivity contribution in [3.05, 3.63) is 35.4 Å². The van der Waals surface area contributed by atoms with E-state index in [1.54, 1.807) is 19.1 Å². The van der Waals surface area contributed by atoms with Gasteiger partial charge in [0.15, 0.2) is 0 Å². The summed E-state index contributed by atoms with van der Waals surface area (Å²) < 4.78 is 28.4. The minimum Gasteiger partial charge on any atom is -0.468 e. The number of sulfone groups is 1. The molecule has 0 fully saturated rings. The molecule has 0 aliphatic carbocycles. The van der Waals surface area contributed by atoms with Gasteiger partial charge in [-0.25, -0.2) is 8.42 Å². The second-order valence-electron chi connectivity index (χ2n) is 5.13. The molecule has 0 saturated carbocycles. The molecule has 0 aromatic heterocycles. The Labute approximate surface area is 126 Å². The third-order valence-electron chi connectivity index (χ3n) is 3.81. The number of esters is 1. The molecule has 0 saturated heterocycles. The lowest BCUT2D eigenvalue weighted by Gasteiger charge is -2.30. The molecule has 1 aromatic rings. The lowest BCUT2D eigenvalue weighted by atomic mass is 9.78. The van der Waals surface area contributed by atoms with Crippen LogP contribution >= 0.6 is 0 Å². The molecule has 0 heterocycles. The van der Waals surface area contributed by atoms with Gasteiger partial charge in [0, 0.05) is 12.3 Å². The molecule has 0 bridgehead atoms. The number of methoxy groups -OCH3 is 1. The molecule has 5 nitrogen and oxygen atoms in total. The molecule has 1 aromatic carbocycles. The third-order valence-corrected chi connectivity index (χ3v) is 5.51. The number of ether oxygens (including phenoxy) is 1. The maximum atomic E-state index is 12.3. The molecule has 2 N–H and O–H groups in total. The topological polar surface area (TPSA) is 86.5 Å². The van der Waals surface area contributed by atoms with Crippen molar-refractivity contribution >= 4 is 15.8 Å². The van der Waals surface area contributed by atoms with Crippen LogP contribution in [0.15, 0.2) is 24.3 Å². The van der Waals surface area contributed by atoms with Crippen molar-refractivity contribution in [3.63, 3.8) is 0 Å². The molecule has 0 aliphatic heterocycles. The molecule has 118 valence electrons. The van der Waals surface area contributed by atoms with Gasteiger partial charge in [-0.1, -0.05) is 36.8 Å². The van der Waals surface area contributed by atoms with Crippen LogP contribution in [0.2, 0.25) is 0 Å². The van der Waals surface area contributed by atoms with Gasteiger partial charge in [0.1, 0.15) is 15.3 Å². The highest BCUT2D eigenvalue weighted by molar-refractivity contribution is 7.91. The first-order valence-corrected chi connectivity index (χ1v) is 8.69. The maximum absolute atomic E-state index is 12.3. The third kappa shape index (κ3) is 4.04. The van der Waals surface area contributed by atoms with Crippen molar-refractivity contribution in [3.8, 4) is 0 Å². The molecule has 6 heteroatoms. The van der Waals surface area contributed by atoms with Crippen molar-refractivity contribution in [1.29, 1.82) is 0 Å². The first kappa shape index (κ1) is 17.7. The predicted octanol–water partition coefficient (Wildman–Crippen LogP) is 1.19. The fraction of sp³-hybridized carbons (Fsp3) is 0.533. The molecule has 0 amide bonds. The highest BCUT2D eigenvalue weighted by Crippen LogP contribution is 2.30. The SMILES string of the molecule is CCS(=O)(=O)CCC(CN)(C(=O)OC)c1ccc(C)cc1. The number of hydrogen-bond acceptors (Lipinski definition) is 5. The highest BCUT2D eigenvalue weighted by atomic mass is 32.2. The van der Waals surface area contributed by atoms with Gasteiger partial charge in [0.2, 0.25) is 0 Å². The summed E-state index contributed by atoms with van der Waals surface area (Å²) in [4.78, 5) is 12.3. The summed E-state index contributed by atoms with van der Waals surface area (Å²) in [6.45, 7) is 3.53. The molecule has 1 unspecified atom stereocenters. The zero-order valence-corrected chi connectivity index (χ0v) is 13.6. The molecule has 1 rings (SSSR count). The van der Waals surface area contributed by atoms with Crippen LogP contribution in [-0.2, 0) is 24.8 Å². The van der Waals surface area contributed by atoms with Gasteiger partial charge in [-0.3, -0.25) is 4.79 Å². The first-order valence-electron chi connectivity index (χ1n) is 6.87. The van der Waals surface area contributed by atoms with Crippen LogP contribution in [0.25, 0.3) is 0 Å². The van der Waals surface area contributed by atoms with Crippen molar-refractivity contribution < 1.29 is 17.9 Å². The largest absolute Gasteiger partial charge is 0.468 e. The Hall–Kier alpha value is -1.40. The molecule has 0 spiro atoms. The van der Waals surface area contributed by atoms with Crippen LogP contribution in [0.5, 0.6) is 0 Å². The zero-order chi connectivity index (χ0) is 16.1. The van der Waals surface area contributed by atoms with Crippen LogP contribution in [-0.4, -0.2) is 39.5 Å². The van der Waals surface area contributed by atoms with E-state index < -0.39 is 21.2 Å². The summed E-state index contributed by atoms with van der Waals surface area (Å²) in [5.74, 6) is -0.549. The van der Waals surface area contributed by atoms with Crippen LogP contribution in [0.1, 0.15) is 24.5 Å². The quantitative estimate of drug-likeness (QED) is 0.764. The van der Waals surface area contributed by atoms with E-state index in [2.05, 4.69) is 0 Å². The second-order valence-corrected chi connectivity index (χ2v) is 7.60. The van der Waals surface area contributed by atoms with Gasteiger partial charge in [-0.2, -0.15) is 0 Å². The van der Waals surface area contributed by atoms with Crippen LogP contribution in [0.4, 0.5) is 0 Å². The van der Waals surface area contributed by atoms with Crippen molar-refractivity contribution in [2.75, 3.05) is 25.2 Å². The number of hydrogen-bond donors (Lipinski definition) is 1. The summed E-state index contributed by atoms with van der Waals surface area (Å²) in [5.41, 5.74) is 6.45. The van der Waals surface area contributed by atoms with E-state index in [0.717, 1.165) is 5.56 Å². The Morgan fingerprint density at radius 2 is 1.86 bits per heavy atom. The molecule has 0 aliphatic rings. The van der Waals surface area contributed by atoms with Crippen molar-refractivity contribution in [1.82, 2.24) is 0 Å². The summed E-state index contributed by atoms with van der Waals surface area (Å²) in [7, 11) is -1.90. The van der Waals surface area contributed by atoms with E-state index in [9.17, 15) is 13.2 Å². The molecule has 21 heavy (non-hydrogen) atoms. The van der Waals surface area contributed by atoms with Crippen molar-refractivity contribution in [2.45, 2.75) is 25.7 Å². The summed E-state index contributed by atoms with van der Waals surface area (Å²) in [6.07, 6.45) is 0.120. The highest BCUT2D eigenvalue weighted by Gasteiger charge is 2.40. The predicted molar refractivity (Wildman–Crippen MR) is 82.9 cm³/mol. The van der Waals surface area contributed by atoms with E-state index in [0.29, 0.717) is 5.56 Å². The first-order chi connectivity index (χ1) is 9.81. The number of carbonyl (C=O) groups excluding carboxylic acids is 1. The number of aryl methyl sites for hydroxylation is 1. The standard InChI is InChI=1S/C15H23NO4S/c1-4-21(18,19)10-9-15(11-16,14(17)20-3)13-7-5-12(2)6-8-13/h5-8H,4,9-11,16H2,1-3H3. The fourth-order valence-electron chi connectivity index (χ4n) is 2.21. The van der Waals surface area contributed by atoms with E-state index in [4.69, 9.17) is 10.5 Å². The maximum Gasteiger partial charge on any atom is 0.317 e. The lowest BCUT2D eigenvalue weighted by Crippen LogP contribution is -2.45. The number of carbonyl (C=O) groups is 1. The molecular weight excluding hydrogens is 290 g/mol. The number of benzene rings is 1. The van der Waals surface area contributed by atoms with Crippen LogP contribution in [0.3, 0.4) is 0 Å². The molecule has 1 atom stereocenters. The number of rotatable bonds is 7. The minimum absolute atomic E-state index is 0.00195. The van der Waals surface area contributed by atoms with E-state index in [-0.39, 0.29) is 24.5 Å². The minimum atomic E-state index is -3.18. The second kappa shape index (κ2) is 7.04. The number of nitrogens with two attached hydrogens (primary N) is 1. The van der Waals surface area contributed by atoms with Gasteiger partial charge in [-0.15, -0.1) is 0 Å². The van der Waals surface area contributed by atoms with Gasteiger partial charge in [0.05, 0.1) is 12.9 Å². The van der Waals surface area contributed by atoms with E-state index in [1.165, 1.54) is 7.11 Å². The summed E-state index contributed by atoms with van der Waals surface area (Å²) in [6, 6.07) is 7.35. The fourth-order valence-corrected chi connectivity index (χ4v) is 3.16. The normalized spacial score (nSPS) is 14.5. The van der Waals surface area contributed by atoms with Crippen LogP contribution < -0.4 is 5.73 Å². The van der Waals surface area contributed by atoms with Gasteiger partial charge in [0.25, 0.3) is 0 Å². The Morgan fingerprint density at radius 3 is 2.29 bits per heavy atom. The monoisotopic (exact) mass is 313 g/mol. The van der Waals surface area contributed by atoms with Crippen LogP contribution in [0, 0.1) is 6.92 Å². The molecule has 0 radical (unpaired) electrons. The zero-order valence-electron chi connectivity index (χ0n) is 12.8. The van der Waals surface area contributed by atoms with Gasteiger partial charge < -0.3 is 10.5 Å². The molecular formula is C15H23NO4S. The summed E-state index contributed by atoms with van der Waals surface area (Å²) in [5, 5.41) is 0.